The lowest BCUT2D eigenvalue weighted by atomic mass is 10.2. The monoisotopic (exact) mass is 139 g/mol. The molecule has 0 unspecified atom stereocenters. The average Bonchev–Trinajstić information content (AvgIpc) is 1.97. The van der Waals surface area contributed by atoms with Crippen LogP contribution >= 0.6 is 0 Å². The molecule has 0 aromatic carbocycles. The van der Waals surface area contributed by atoms with Gasteiger partial charge in [0.1, 0.15) is 5.78 Å². The van der Waals surface area contributed by atoms with Crippen molar-refractivity contribution in [1.82, 2.24) is 0 Å². The molecule has 0 aliphatic heterocycles. The summed E-state index contributed by atoms with van der Waals surface area (Å²) in [7, 11) is 0. The summed E-state index contributed by atoms with van der Waals surface area (Å²) in [6.45, 7) is 2.32. The molecule has 0 rings (SSSR count). The minimum absolute atomic E-state index is 0.194. The summed E-state index contributed by atoms with van der Waals surface area (Å²) >= 11 is 0. The maximum atomic E-state index is 10.8. The van der Waals surface area contributed by atoms with Crippen LogP contribution in [0.15, 0.2) is 0 Å². The molecule has 0 aromatic heterocycles. The lowest BCUT2D eigenvalue weighted by Crippen LogP contribution is -2.03. The Kier molecular flexibility index (Phi) is 5.80. The van der Waals surface area contributed by atoms with Crippen LogP contribution in [0.25, 0.3) is 0 Å². The third kappa shape index (κ3) is 5.33. The van der Waals surface area contributed by atoms with E-state index in [1.165, 1.54) is 0 Å². The van der Waals surface area contributed by atoms with Gasteiger partial charge in [0.2, 0.25) is 0 Å². The van der Waals surface area contributed by atoms with Crippen LogP contribution in [-0.4, -0.2) is 12.3 Å². The summed E-state index contributed by atoms with van der Waals surface area (Å²) in [6, 6.07) is 0. The van der Waals surface area contributed by atoms with Crippen molar-refractivity contribution in [1.29, 1.82) is 0 Å². The second-order valence-corrected chi connectivity index (χ2v) is 2.03. The van der Waals surface area contributed by atoms with Crippen molar-refractivity contribution in [3.63, 3.8) is 0 Å². The highest BCUT2D eigenvalue weighted by Crippen LogP contribution is 1.91. The van der Waals surface area contributed by atoms with Crippen molar-refractivity contribution in [2.75, 3.05) is 6.54 Å². The van der Waals surface area contributed by atoms with Crippen LogP contribution in [0.4, 0.5) is 0 Å². The lowest BCUT2D eigenvalue weighted by molar-refractivity contribution is -0.118. The number of nitrogens with two attached hydrogens (primary N) is 1. The average molecular weight is 139 g/mol. The van der Waals surface area contributed by atoms with E-state index in [1.54, 1.807) is 6.92 Å². The first-order valence-electron chi connectivity index (χ1n) is 3.42. The topological polar surface area (TPSA) is 43.1 Å². The van der Waals surface area contributed by atoms with E-state index >= 15 is 0 Å². The number of hydrogen-bond donors (Lipinski definition) is 1. The highest BCUT2D eigenvalue weighted by molar-refractivity contribution is 5.80. The van der Waals surface area contributed by atoms with Crippen molar-refractivity contribution in [3.05, 3.63) is 0 Å². The van der Waals surface area contributed by atoms with Gasteiger partial charge < -0.3 is 5.73 Å². The maximum absolute atomic E-state index is 10.8. The molecule has 0 atom stereocenters. The Morgan fingerprint density at radius 2 is 2.30 bits per heavy atom. The van der Waals surface area contributed by atoms with E-state index in [4.69, 9.17) is 5.73 Å². The molecule has 0 fully saturated rings. The minimum Gasteiger partial charge on any atom is -0.330 e. The van der Waals surface area contributed by atoms with Crippen LogP contribution in [0.3, 0.4) is 0 Å². The van der Waals surface area contributed by atoms with E-state index in [9.17, 15) is 4.79 Å². The molecule has 10 heavy (non-hydrogen) atoms. The zero-order valence-electron chi connectivity index (χ0n) is 6.31. The first-order valence-corrected chi connectivity index (χ1v) is 3.42. The largest absolute Gasteiger partial charge is 0.330 e. The fraction of sp³-hybridized carbons (Fsp3) is 0.625. The fourth-order valence-corrected chi connectivity index (χ4v) is 0.575. The van der Waals surface area contributed by atoms with E-state index in [2.05, 4.69) is 11.8 Å². The van der Waals surface area contributed by atoms with E-state index in [0.717, 1.165) is 6.42 Å². The van der Waals surface area contributed by atoms with Crippen molar-refractivity contribution in [2.45, 2.75) is 26.2 Å². The van der Waals surface area contributed by atoms with Gasteiger partial charge in [-0.15, -0.1) is 5.92 Å². The van der Waals surface area contributed by atoms with Gasteiger partial charge in [-0.25, -0.2) is 0 Å². The Morgan fingerprint density at radius 1 is 1.60 bits per heavy atom. The first-order chi connectivity index (χ1) is 4.81. The molecule has 0 radical (unpaired) electrons. The molecule has 2 nitrogen and oxygen atoms in total. The summed E-state index contributed by atoms with van der Waals surface area (Å²) < 4.78 is 0. The fourth-order valence-electron chi connectivity index (χ4n) is 0.575. The summed E-state index contributed by atoms with van der Waals surface area (Å²) in [6.07, 6.45) is 1.74. The third-order valence-electron chi connectivity index (χ3n) is 1.12. The second-order valence-electron chi connectivity index (χ2n) is 2.03. The molecule has 0 saturated carbocycles. The van der Waals surface area contributed by atoms with Gasteiger partial charge in [0.25, 0.3) is 0 Å². The Balaban J connectivity index is 3.31. The molecule has 2 N–H and O–H groups in total. The molecular weight excluding hydrogens is 126 g/mol. The predicted octanol–water partition coefficient (Wildman–Crippen LogP) is 0.708. The quantitative estimate of drug-likeness (QED) is 0.583. The Labute approximate surface area is 61.8 Å². The van der Waals surface area contributed by atoms with Crippen LogP contribution in [0.1, 0.15) is 26.2 Å². The molecule has 0 heterocycles. The first kappa shape index (κ1) is 9.19. The molecule has 0 aromatic rings. The number of carbonyl (C=O) groups is 1. The molecule has 0 aliphatic carbocycles. The summed E-state index contributed by atoms with van der Waals surface area (Å²) in [5.41, 5.74) is 5.22. The van der Waals surface area contributed by atoms with Gasteiger partial charge >= 0.3 is 0 Å². The molecule has 0 bridgehead atoms. The van der Waals surface area contributed by atoms with Gasteiger partial charge in [0.15, 0.2) is 0 Å². The predicted molar refractivity (Wildman–Crippen MR) is 41.4 cm³/mol. The third-order valence-corrected chi connectivity index (χ3v) is 1.12. The Bertz CT molecular complexity index is 152. The summed E-state index contributed by atoms with van der Waals surface area (Å²) in [5, 5.41) is 0. The summed E-state index contributed by atoms with van der Waals surface area (Å²) in [5.74, 6) is 5.58. The van der Waals surface area contributed by atoms with Crippen molar-refractivity contribution in [3.8, 4) is 11.8 Å². The molecule has 0 amide bonds. The number of carbonyl (C=O) groups excluding carboxylic acids is 1. The number of ketones is 1. The van der Waals surface area contributed by atoms with E-state index in [1.807, 2.05) is 0 Å². The van der Waals surface area contributed by atoms with Gasteiger partial charge in [0.05, 0.1) is 6.42 Å². The van der Waals surface area contributed by atoms with Crippen molar-refractivity contribution < 1.29 is 4.79 Å². The number of rotatable bonds is 4. The highest BCUT2D eigenvalue weighted by atomic mass is 16.1. The maximum Gasteiger partial charge on any atom is 0.144 e. The smallest absolute Gasteiger partial charge is 0.144 e. The van der Waals surface area contributed by atoms with Crippen LogP contribution in [-0.2, 0) is 4.79 Å². The van der Waals surface area contributed by atoms with Crippen molar-refractivity contribution >= 4 is 5.78 Å². The van der Waals surface area contributed by atoms with Crippen LogP contribution in [0.5, 0.6) is 0 Å². The number of Topliss-reactive ketones (excluding diaryl/α,β-unsaturated/α-hetero) is 1. The van der Waals surface area contributed by atoms with E-state index in [-0.39, 0.29) is 5.78 Å². The Morgan fingerprint density at radius 3 is 2.80 bits per heavy atom. The standard InChI is InChI=1S/C8H13NO/c1-2-3-5-8(10)6-4-7-9/h4-7,9H2,1H3. The lowest BCUT2D eigenvalue weighted by Gasteiger charge is -1.91. The van der Waals surface area contributed by atoms with Gasteiger partial charge in [-0.3, -0.25) is 4.79 Å². The minimum atomic E-state index is 0.194. The van der Waals surface area contributed by atoms with Gasteiger partial charge in [-0.2, -0.15) is 0 Å². The van der Waals surface area contributed by atoms with Crippen molar-refractivity contribution in [2.24, 2.45) is 5.73 Å². The molecular formula is C8H13NO. The molecule has 0 aliphatic rings. The normalized spacial score (nSPS) is 8.20. The van der Waals surface area contributed by atoms with Crippen LogP contribution in [0, 0.1) is 11.8 Å². The van der Waals surface area contributed by atoms with Gasteiger partial charge in [0, 0.05) is 6.42 Å². The van der Waals surface area contributed by atoms with Crippen LogP contribution in [0.2, 0.25) is 0 Å². The van der Waals surface area contributed by atoms with E-state index < -0.39 is 0 Å². The summed E-state index contributed by atoms with van der Waals surface area (Å²) in [4.78, 5) is 10.8. The molecule has 0 saturated heterocycles. The zero-order chi connectivity index (χ0) is 7.82. The molecule has 2 heteroatoms. The van der Waals surface area contributed by atoms with E-state index in [0.29, 0.717) is 19.4 Å². The second kappa shape index (κ2) is 6.31. The zero-order valence-corrected chi connectivity index (χ0v) is 6.31. The van der Waals surface area contributed by atoms with Gasteiger partial charge in [-0.05, 0) is 19.9 Å². The molecule has 0 spiro atoms. The van der Waals surface area contributed by atoms with Crippen LogP contribution < -0.4 is 5.73 Å². The Hall–Kier alpha value is -0.810. The highest BCUT2D eigenvalue weighted by Gasteiger charge is 1.96. The molecule has 56 valence electrons. The van der Waals surface area contributed by atoms with Gasteiger partial charge in [-0.1, -0.05) is 5.92 Å². The SMILES string of the molecule is CC#CCC(=O)CCCN. The number of hydrogen-bond acceptors (Lipinski definition) is 2.